The van der Waals surface area contributed by atoms with Crippen molar-refractivity contribution < 1.29 is 0 Å². The van der Waals surface area contributed by atoms with Gasteiger partial charge < -0.3 is 0 Å². The number of hydrogen-bond donors (Lipinski definition) is 0. The summed E-state index contributed by atoms with van der Waals surface area (Å²) in [5.74, 6) is 0. The average molecular weight is 255 g/mol. The van der Waals surface area contributed by atoms with Crippen molar-refractivity contribution in [1.82, 2.24) is 0 Å². The number of alkyl halides is 1. The van der Waals surface area contributed by atoms with Gasteiger partial charge in [0.2, 0.25) is 0 Å². The van der Waals surface area contributed by atoms with E-state index in [1.807, 2.05) is 11.3 Å². The minimum absolute atomic E-state index is 0.570. The van der Waals surface area contributed by atoms with Gasteiger partial charge in [-0.25, -0.2) is 0 Å². The molecule has 0 N–H and O–H groups in total. The normalized spacial score (nSPS) is 13.4. The van der Waals surface area contributed by atoms with Crippen molar-refractivity contribution in [2.75, 3.05) is 0 Å². The first kappa shape index (κ1) is 9.22. The van der Waals surface area contributed by atoms with Gasteiger partial charge in [0.25, 0.3) is 0 Å². The Balaban J connectivity index is 2.38. The third-order valence-electron chi connectivity index (χ3n) is 1.96. The van der Waals surface area contributed by atoms with E-state index in [2.05, 4.69) is 53.2 Å². The van der Waals surface area contributed by atoms with Crippen LogP contribution < -0.4 is 0 Å². The lowest BCUT2D eigenvalue weighted by molar-refractivity contribution is 0.981. The molecule has 0 nitrogen and oxygen atoms in total. The maximum Gasteiger partial charge on any atom is 0.0345 e. The van der Waals surface area contributed by atoms with Gasteiger partial charge in [0.15, 0.2) is 0 Å². The number of benzene rings is 1. The average Bonchev–Trinajstić information content (AvgIpc) is 2.44. The number of thiophene rings is 1. The Kier molecular flexibility index (Phi) is 2.70. The van der Waals surface area contributed by atoms with Crippen molar-refractivity contribution in [3.05, 3.63) is 35.2 Å². The van der Waals surface area contributed by atoms with E-state index in [1.54, 1.807) is 0 Å². The molecule has 0 saturated carbocycles. The molecule has 1 aromatic heterocycles. The Labute approximate surface area is 90.7 Å². The summed E-state index contributed by atoms with van der Waals surface area (Å²) in [5, 5.41) is 1.37. The summed E-state index contributed by atoms with van der Waals surface area (Å²) in [5.41, 5.74) is 0. The Morgan fingerprint density at radius 1 is 1.38 bits per heavy atom. The Morgan fingerprint density at radius 3 is 2.85 bits per heavy atom. The van der Waals surface area contributed by atoms with Crippen LogP contribution in [0.1, 0.15) is 11.8 Å². The molecule has 1 heterocycles. The molecule has 1 unspecified atom stereocenters. The third-order valence-corrected chi connectivity index (χ3v) is 3.42. The second-order valence-corrected chi connectivity index (χ2v) is 5.97. The van der Waals surface area contributed by atoms with E-state index < -0.39 is 0 Å². The summed E-state index contributed by atoms with van der Waals surface area (Å²) < 4.78 is 1.39. The molecule has 68 valence electrons. The van der Waals surface area contributed by atoms with Gasteiger partial charge in [0.1, 0.15) is 0 Å². The largest absolute Gasteiger partial charge is 0.140 e. The quantitative estimate of drug-likeness (QED) is 0.704. The first-order valence-electron chi connectivity index (χ1n) is 4.37. The van der Waals surface area contributed by atoms with Crippen LogP contribution in [0.4, 0.5) is 0 Å². The van der Waals surface area contributed by atoms with Crippen molar-refractivity contribution in [2.45, 2.75) is 18.2 Å². The molecule has 2 rings (SSSR count). The van der Waals surface area contributed by atoms with E-state index in [4.69, 9.17) is 0 Å². The number of hydrogen-bond acceptors (Lipinski definition) is 1. The number of halogens is 1. The highest BCUT2D eigenvalue weighted by molar-refractivity contribution is 9.09. The first-order valence-corrected chi connectivity index (χ1v) is 6.10. The molecule has 0 saturated heterocycles. The fourth-order valence-electron chi connectivity index (χ4n) is 1.41. The summed E-state index contributed by atoms with van der Waals surface area (Å²) in [7, 11) is 0. The van der Waals surface area contributed by atoms with Crippen LogP contribution in [-0.4, -0.2) is 4.83 Å². The number of fused-ring (bicyclic) bond motifs is 1. The summed E-state index contributed by atoms with van der Waals surface area (Å²) >= 11 is 5.47. The Hall–Kier alpha value is -0.340. The molecule has 0 aliphatic heterocycles. The number of rotatable bonds is 2. The van der Waals surface area contributed by atoms with Gasteiger partial charge in [-0.15, -0.1) is 11.3 Å². The molecule has 0 bridgehead atoms. The highest BCUT2D eigenvalue weighted by atomic mass is 79.9. The second kappa shape index (κ2) is 3.81. The van der Waals surface area contributed by atoms with E-state index in [9.17, 15) is 0 Å². The minimum atomic E-state index is 0.570. The molecule has 0 radical (unpaired) electrons. The monoisotopic (exact) mass is 254 g/mol. The first-order chi connectivity index (χ1) is 6.25. The Bertz CT molecular complexity index is 370. The molecule has 0 aliphatic rings. The van der Waals surface area contributed by atoms with Crippen LogP contribution in [0.2, 0.25) is 0 Å². The van der Waals surface area contributed by atoms with Crippen molar-refractivity contribution in [3.8, 4) is 0 Å². The third kappa shape index (κ3) is 2.12. The molecular formula is C11H11BrS. The van der Waals surface area contributed by atoms with Crippen LogP contribution in [0.25, 0.3) is 10.1 Å². The SMILES string of the molecule is CC(Br)Cc1cc2ccccc2s1. The highest BCUT2D eigenvalue weighted by Gasteiger charge is 2.03. The zero-order valence-corrected chi connectivity index (χ0v) is 9.86. The molecular weight excluding hydrogens is 244 g/mol. The van der Waals surface area contributed by atoms with Gasteiger partial charge in [0.05, 0.1) is 0 Å². The van der Waals surface area contributed by atoms with Gasteiger partial charge in [-0.2, -0.15) is 0 Å². The maximum atomic E-state index is 3.57. The van der Waals surface area contributed by atoms with E-state index in [-0.39, 0.29) is 0 Å². The summed E-state index contributed by atoms with van der Waals surface area (Å²) in [6.07, 6.45) is 1.12. The van der Waals surface area contributed by atoms with E-state index in [1.165, 1.54) is 15.0 Å². The minimum Gasteiger partial charge on any atom is -0.140 e. The maximum absolute atomic E-state index is 3.57. The summed E-state index contributed by atoms with van der Waals surface area (Å²) in [6, 6.07) is 10.8. The Morgan fingerprint density at radius 2 is 2.15 bits per heavy atom. The van der Waals surface area contributed by atoms with Crippen LogP contribution in [0.5, 0.6) is 0 Å². The lowest BCUT2D eigenvalue weighted by Crippen LogP contribution is -1.92. The van der Waals surface area contributed by atoms with Crippen LogP contribution >= 0.6 is 27.3 Å². The molecule has 0 aliphatic carbocycles. The molecule has 0 fully saturated rings. The van der Waals surface area contributed by atoms with E-state index in [0.717, 1.165) is 6.42 Å². The van der Waals surface area contributed by atoms with Crippen molar-refractivity contribution in [1.29, 1.82) is 0 Å². The topological polar surface area (TPSA) is 0 Å². The fourth-order valence-corrected chi connectivity index (χ4v) is 3.17. The van der Waals surface area contributed by atoms with Crippen LogP contribution in [0, 0.1) is 0 Å². The van der Waals surface area contributed by atoms with Gasteiger partial charge in [-0.05, 0) is 23.9 Å². The molecule has 0 amide bonds. The predicted molar refractivity (Wildman–Crippen MR) is 63.9 cm³/mol. The van der Waals surface area contributed by atoms with Gasteiger partial charge in [-0.3, -0.25) is 0 Å². The zero-order chi connectivity index (χ0) is 9.26. The fraction of sp³-hybridized carbons (Fsp3) is 0.273. The van der Waals surface area contributed by atoms with Crippen molar-refractivity contribution in [2.24, 2.45) is 0 Å². The van der Waals surface area contributed by atoms with Crippen molar-refractivity contribution >= 4 is 37.4 Å². The predicted octanol–water partition coefficient (Wildman–Crippen LogP) is 4.23. The molecule has 2 heteroatoms. The van der Waals surface area contributed by atoms with Crippen LogP contribution in [-0.2, 0) is 6.42 Å². The zero-order valence-electron chi connectivity index (χ0n) is 7.46. The van der Waals surface area contributed by atoms with Gasteiger partial charge in [-0.1, -0.05) is 41.1 Å². The van der Waals surface area contributed by atoms with Crippen LogP contribution in [0.3, 0.4) is 0 Å². The molecule has 13 heavy (non-hydrogen) atoms. The summed E-state index contributed by atoms with van der Waals surface area (Å²) in [4.78, 5) is 2.03. The summed E-state index contributed by atoms with van der Waals surface area (Å²) in [6.45, 7) is 2.18. The lowest BCUT2D eigenvalue weighted by Gasteiger charge is -1.96. The second-order valence-electron chi connectivity index (χ2n) is 3.24. The highest BCUT2D eigenvalue weighted by Crippen LogP contribution is 2.26. The van der Waals surface area contributed by atoms with Crippen LogP contribution in [0.15, 0.2) is 30.3 Å². The van der Waals surface area contributed by atoms with Gasteiger partial charge in [0, 0.05) is 14.4 Å². The lowest BCUT2D eigenvalue weighted by atomic mass is 10.2. The molecule has 0 spiro atoms. The van der Waals surface area contributed by atoms with E-state index in [0.29, 0.717) is 4.83 Å². The smallest absolute Gasteiger partial charge is 0.0345 e. The standard InChI is InChI=1S/C11H11BrS/c1-8(12)6-10-7-9-4-2-3-5-11(9)13-10/h2-5,7-8H,6H2,1H3. The van der Waals surface area contributed by atoms with E-state index >= 15 is 0 Å². The molecule has 1 aromatic carbocycles. The molecule has 1 atom stereocenters. The molecule has 2 aromatic rings. The van der Waals surface area contributed by atoms with Gasteiger partial charge >= 0.3 is 0 Å². The van der Waals surface area contributed by atoms with Crippen molar-refractivity contribution in [3.63, 3.8) is 0 Å².